The fourth-order valence-electron chi connectivity index (χ4n) is 6.50. The summed E-state index contributed by atoms with van der Waals surface area (Å²) in [4.78, 5) is 0. The molecule has 0 N–H and O–H groups in total. The summed E-state index contributed by atoms with van der Waals surface area (Å²) in [5.41, 5.74) is 0.301. The second kappa shape index (κ2) is 14.7. The largest absolute Gasteiger partial charge is 0.534 e. The predicted octanol–water partition coefficient (Wildman–Crippen LogP) is 11.7. The van der Waals surface area contributed by atoms with E-state index in [1.165, 1.54) is 22.9 Å². The van der Waals surface area contributed by atoms with E-state index in [4.69, 9.17) is 4.18 Å². The molecule has 2 unspecified atom stereocenters. The first kappa shape index (κ1) is 35.9. The number of allylic oxidation sites excluding steroid dienone is 4. The van der Waals surface area contributed by atoms with Crippen LogP contribution in [0.3, 0.4) is 0 Å². The summed E-state index contributed by atoms with van der Waals surface area (Å²) < 4.78 is 68.6. The van der Waals surface area contributed by atoms with Crippen LogP contribution in [-0.4, -0.2) is 13.9 Å². The molecule has 0 radical (unpaired) electrons. The van der Waals surface area contributed by atoms with E-state index in [2.05, 4.69) is 83.8 Å². The first-order chi connectivity index (χ1) is 20.0. The van der Waals surface area contributed by atoms with Crippen molar-refractivity contribution in [3.05, 3.63) is 79.9 Å². The maximum Gasteiger partial charge on any atom is 0.534 e. The SMILES string of the molecule is CC1=C(c2ccccc2Br)C(C)CC[C@H]1C(C)C.CC1CC[C@@H](C(C)C)C(OS(=O)(=O)C(F)(F)F)=C1c1ccccc1Br. The molecular formula is C34H43Br2F3O3S. The molecule has 3 nitrogen and oxygen atoms in total. The average Bonchev–Trinajstić information content (AvgIpc) is 2.90. The third kappa shape index (κ3) is 8.37. The third-order valence-corrected chi connectivity index (χ3v) is 11.2. The van der Waals surface area contributed by atoms with E-state index in [9.17, 15) is 21.6 Å². The van der Waals surface area contributed by atoms with Gasteiger partial charge in [0.2, 0.25) is 0 Å². The lowest BCUT2D eigenvalue weighted by Crippen LogP contribution is -2.30. The maximum atomic E-state index is 12.9. The van der Waals surface area contributed by atoms with Crippen LogP contribution in [0.2, 0.25) is 0 Å². The van der Waals surface area contributed by atoms with Crippen LogP contribution >= 0.6 is 31.9 Å². The highest BCUT2D eigenvalue weighted by molar-refractivity contribution is 9.10. The van der Waals surface area contributed by atoms with Crippen molar-refractivity contribution in [2.24, 2.45) is 35.5 Å². The number of hydrogen-bond acceptors (Lipinski definition) is 3. The Kier molecular flexibility index (Phi) is 12.3. The molecule has 0 aromatic heterocycles. The Labute approximate surface area is 272 Å². The zero-order valence-electron chi connectivity index (χ0n) is 25.9. The van der Waals surface area contributed by atoms with Gasteiger partial charge >= 0.3 is 15.6 Å². The molecule has 2 aliphatic rings. The van der Waals surface area contributed by atoms with E-state index in [1.54, 1.807) is 35.4 Å². The zero-order valence-corrected chi connectivity index (χ0v) is 29.9. The van der Waals surface area contributed by atoms with Crippen LogP contribution in [0.15, 0.2) is 68.8 Å². The van der Waals surface area contributed by atoms with Crippen molar-refractivity contribution in [2.45, 2.75) is 79.7 Å². The first-order valence-corrected chi connectivity index (χ1v) is 17.9. The normalized spacial score (nSPS) is 23.4. The minimum atomic E-state index is -5.71. The topological polar surface area (TPSA) is 43.4 Å². The molecule has 0 amide bonds. The summed E-state index contributed by atoms with van der Waals surface area (Å²) in [6, 6.07) is 15.7. The Bertz CT molecular complexity index is 1440. The number of halogens is 5. The fourth-order valence-corrected chi connectivity index (χ4v) is 8.04. The van der Waals surface area contributed by atoms with Crippen molar-refractivity contribution in [2.75, 3.05) is 0 Å². The van der Waals surface area contributed by atoms with Crippen LogP contribution in [0.1, 0.15) is 85.3 Å². The van der Waals surface area contributed by atoms with Crippen molar-refractivity contribution < 1.29 is 25.8 Å². The Balaban J connectivity index is 0.000000248. The molecule has 4 rings (SSSR count). The van der Waals surface area contributed by atoms with Crippen LogP contribution in [0.5, 0.6) is 0 Å². The van der Waals surface area contributed by atoms with E-state index >= 15 is 0 Å². The molecule has 4 atom stereocenters. The molecule has 0 bridgehead atoms. The number of alkyl halides is 3. The number of benzene rings is 2. The van der Waals surface area contributed by atoms with Gasteiger partial charge < -0.3 is 4.18 Å². The highest BCUT2D eigenvalue weighted by Gasteiger charge is 2.50. The van der Waals surface area contributed by atoms with Crippen molar-refractivity contribution in [1.29, 1.82) is 0 Å². The van der Waals surface area contributed by atoms with E-state index < -0.39 is 21.5 Å². The standard InChI is InChI=1S/C17H20BrF3O3S.C17H23Br/c1-10(2)12-9-8-11(3)15(13-6-4-5-7-14(13)18)16(12)24-25(22,23)17(19,20)21;1-11(2)14-10-9-12(3)17(13(14)4)15-7-5-6-8-16(15)18/h4-7,10-12H,8-9H2,1-3H3;5-8,11-12,14H,9-10H2,1-4H3/t11?,12-;12?,14-/m00/s1. The van der Waals surface area contributed by atoms with Gasteiger partial charge in [0.15, 0.2) is 0 Å². The van der Waals surface area contributed by atoms with Crippen LogP contribution < -0.4 is 0 Å². The second-order valence-corrected chi connectivity index (χ2v) is 15.7. The van der Waals surface area contributed by atoms with E-state index in [0.29, 0.717) is 27.9 Å². The molecule has 9 heteroatoms. The molecule has 2 aliphatic carbocycles. The van der Waals surface area contributed by atoms with Crippen molar-refractivity contribution in [3.8, 4) is 0 Å². The summed E-state index contributed by atoms with van der Waals surface area (Å²) in [5.74, 6) is 1.53. The molecule has 2 aromatic rings. The van der Waals surface area contributed by atoms with Crippen molar-refractivity contribution >= 4 is 53.1 Å². The van der Waals surface area contributed by atoms with Crippen LogP contribution in [-0.2, 0) is 14.3 Å². The summed E-state index contributed by atoms with van der Waals surface area (Å²) in [6.07, 6.45) is 3.99. The van der Waals surface area contributed by atoms with Gasteiger partial charge in [-0.15, -0.1) is 0 Å². The van der Waals surface area contributed by atoms with Gasteiger partial charge in [0, 0.05) is 20.4 Å². The highest BCUT2D eigenvalue weighted by Crippen LogP contribution is 2.47. The van der Waals surface area contributed by atoms with E-state index in [-0.39, 0.29) is 17.6 Å². The maximum absolute atomic E-state index is 12.9. The molecular weight excluding hydrogens is 705 g/mol. The minimum absolute atomic E-state index is 0.0524. The Morgan fingerprint density at radius 1 is 0.744 bits per heavy atom. The molecule has 0 heterocycles. The third-order valence-electron chi connectivity index (χ3n) is 8.81. The monoisotopic (exact) mass is 746 g/mol. The summed E-state index contributed by atoms with van der Waals surface area (Å²) in [6.45, 7) is 15.0. The molecule has 43 heavy (non-hydrogen) atoms. The number of hydrogen-bond donors (Lipinski definition) is 0. The zero-order chi connectivity index (χ0) is 32.3. The van der Waals surface area contributed by atoms with Crippen LogP contribution in [0.25, 0.3) is 11.1 Å². The van der Waals surface area contributed by atoms with Gasteiger partial charge in [-0.3, -0.25) is 0 Å². The van der Waals surface area contributed by atoms with Gasteiger partial charge in [0.05, 0.1) is 0 Å². The summed E-state index contributed by atoms with van der Waals surface area (Å²) >= 11 is 7.11. The molecule has 238 valence electrons. The number of rotatable bonds is 6. The summed E-state index contributed by atoms with van der Waals surface area (Å²) in [5, 5.41) is 0. The van der Waals surface area contributed by atoms with Crippen molar-refractivity contribution in [3.63, 3.8) is 0 Å². The van der Waals surface area contributed by atoms with Gasteiger partial charge in [0.1, 0.15) is 5.76 Å². The quantitative estimate of drug-likeness (QED) is 0.218. The molecule has 0 aliphatic heterocycles. The molecule has 2 aromatic carbocycles. The summed E-state index contributed by atoms with van der Waals surface area (Å²) in [7, 11) is -5.71. The molecule has 0 saturated heterocycles. The highest BCUT2D eigenvalue weighted by atomic mass is 79.9. The van der Waals surface area contributed by atoms with Crippen molar-refractivity contribution in [1.82, 2.24) is 0 Å². The lowest BCUT2D eigenvalue weighted by atomic mass is 9.72. The Morgan fingerprint density at radius 3 is 1.60 bits per heavy atom. The second-order valence-electron chi connectivity index (χ2n) is 12.5. The fraction of sp³-hybridized carbons (Fsp3) is 0.529. The van der Waals surface area contributed by atoms with Gasteiger partial charge in [-0.1, -0.05) is 115 Å². The average molecular weight is 749 g/mol. The molecule has 0 fully saturated rings. The lowest BCUT2D eigenvalue weighted by Gasteiger charge is -2.34. The minimum Gasteiger partial charge on any atom is -0.380 e. The van der Waals surface area contributed by atoms with E-state index in [0.717, 1.165) is 18.3 Å². The predicted molar refractivity (Wildman–Crippen MR) is 177 cm³/mol. The van der Waals surface area contributed by atoms with Gasteiger partial charge in [-0.05, 0) is 91.0 Å². The lowest BCUT2D eigenvalue weighted by molar-refractivity contribution is -0.0530. The smallest absolute Gasteiger partial charge is 0.380 e. The first-order valence-electron chi connectivity index (χ1n) is 14.9. The van der Waals surface area contributed by atoms with Gasteiger partial charge in [-0.25, -0.2) is 0 Å². The molecule has 0 spiro atoms. The Morgan fingerprint density at radius 2 is 1.16 bits per heavy atom. The van der Waals surface area contributed by atoms with Gasteiger partial charge in [0.25, 0.3) is 0 Å². The molecule has 0 saturated carbocycles. The van der Waals surface area contributed by atoms with Crippen LogP contribution in [0, 0.1) is 35.5 Å². The van der Waals surface area contributed by atoms with Crippen LogP contribution in [0.4, 0.5) is 13.2 Å². The van der Waals surface area contributed by atoms with Gasteiger partial charge in [-0.2, -0.15) is 21.6 Å². The Hall–Kier alpha value is -1.58. The van der Waals surface area contributed by atoms with E-state index in [1.807, 2.05) is 20.8 Å².